The third-order valence-electron chi connectivity index (χ3n) is 5.31. The number of benzene rings is 2. The monoisotopic (exact) mass is 454 g/mol. The van der Waals surface area contributed by atoms with Gasteiger partial charge in [-0.25, -0.2) is 14.1 Å². The van der Waals surface area contributed by atoms with Crippen molar-refractivity contribution in [2.75, 3.05) is 6.61 Å². The molecule has 0 N–H and O–H groups in total. The van der Waals surface area contributed by atoms with Crippen LogP contribution in [0.1, 0.15) is 31.1 Å². The minimum Gasteiger partial charge on any atom is -0.356 e. The lowest BCUT2D eigenvalue weighted by Crippen LogP contribution is -2.19. The van der Waals surface area contributed by atoms with Gasteiger partial charge in [0.1, 0.15) is 11.2 Å². The van der Waals surface area contributed by atoms with Crippen LogP contribution >= 0.6 is 15.9 Å². The fourth-order valence-electron chi connectivity index (χ4n) is 3.89. The minimum atomic E-state index is -0.323. The van der Waals surface area contributed by atoms with Crippen LogP contribution < -0.4 is 0 Å². The Morgan fingerprint density at radius 2 is 2.00 bits per heavy atom. The fraction of sp³-hybridized carbons (Fsp3) is 0.273. The second-order valence-corrected chi connectivity index (χ2v) is 8.09. The van der Waals surface area contributed by atoms with Crippen molar-refractivity contribution in [3.8, 4) is 11.5 Å². The zero-order chi connectivity index (χ0) is 19.8. The van der Waals surface area contributed by atoms with Gasteiger partial charge in [0.15, 0.2) is 17.9 Å². The van der Waals surface area contributed by atoms with Gasteiger partial charge in [0, 0.05) is 30.9 Å². The number of hydrogen-bond acceptors (Lipinski definition) is 3. The van der Waals surface area contributed by atoms with Gasteiger partial charge in [-0.3, -0.25) is 0 Å². The Hall–Kier alpha value is -2.51. The maximum absolute atomic E-state index is 15.1. The lowest BCUT2D eigenvalue weighted by atomic mass is 10.1. The zero-order valence-electron chi connectivity index (χ0n) is 15.8. The van der Waals surface area contributed by atoms with E-state index in [9.17, 15) is 0 Å². The van der Waals surface area contributed by atoms with Gasteiger partial charge < -0.3 is 9.30 Å². The average Bonchev–Trinajstić information content (AvgIpc) is 3.36. The lowest BCUT2D eigenvalue weighted by molar-refractivity contribution is -0.0368. The number of nitrogens with zero attached hydrogens (tertiary/aromatic N) is 4. The van der Waals surface area contributed by atoms with E-state index in [4.69, 9.17) is 9.84 Å². The predicted molar refractivity (Wildman–Crippen MR) is 113 cm³/mol. The van der Waals surface area contributed by atoms with E-state index in [-0.39, 0.29) is 12.0 Å². The van der Waals surface area contributed by atoms with Gasteiger partial charge in [-0.05, 0) is 52.9 Å². The smallest absolute Gasteiger partial charge is 0.163 e. The first kappa shape index (κ1) is 18.5. The zero-order valence-corrected chi connectivity index (χ0v) is 17.3. The molecule has 0 bridgehead atoms. The van der Waals surface area contributed by atoms with Crippen LogP contribution in [0.3, 0.4) is 0 Å². The van der Waals surface area contributed by atoms with Crippen molar-refractivity contribution in [2.45, 2.75) is 32.0 Å². The predicted octanol–water partition coefficient (Wildman–Crippen LogP) is 5.55. The van der Waals surface area contributed by atoms with Crippen molar-refractivity contribution in [3.05, 3.63) is 70.7 Å². The second kappa shape index (κ2) is 7.72. The summed E-state index contributed by atoms with van der Waals surface area (Å²) in [5.41, 5.74) is 2.29. The molecule has 29 heavy (non-hydrogen) atoms. The first-order valence-corrected chi connectivity index (χ1v) is 10.5. The molecule has 1 fully saturated rings. The molecule has 2 aromatic heterocycles. The molecule has 148 valence electrons. The summed E-state index contributed by atoms with van der Waals surface area (Å²) < 4.78 is 25.2. The molecule has 0 amide bonds. The minimum absolute atomic E-state index is 0.263. The number of ether oxygens (including phenoxy) is 1. The molecule has 1 aliphatic rings. The average molecular weight is 455 g/mol. The molecular formula is C22H20BrFN4O. The van der Waals surface area contributed by atoms with Crippen LogP contribution in [0.15, 0.2) is 59.3 Å². The van der Waals surface area contributed by atoms with Gasteiger partial charge >= 0.3 is 0 Å². The highest BCUT2D eigenvalue weighted by Gasteiger charge is 2.26. The molecule has 1 atom stereocenters. The summed E-state index contributed by atoms with van der Waals surface area (Å²) in [5, 5.41) is 5.54. The Labute approximate surface area is 176 Å². The number of rotatable bonds is 4. The van der Waals surface area contributed by atoms with E-state index in [1.807, 2.05) is 35.0 Å². The Morgan fingerprint density at radius 3 is 2.79 bits per heavy atom. The molecule has 1 unspecified atom stereocenters. The molecule has 0 aliphatic carbocycles. The highest BCUT2D eigenvalue weighted by Crippen LogP contribution is 2.35. The van der Waals surface area contributed by atoms with E-state index in [1.165, 1.54) is 5.56 Å². The van der Waals surface area contributed by atoms with Crippen molar-refractivity contribution in [2.24, 2.45) is 0 Å². The fourth-order valence-corrected chi connectivity index (χ4v) is 4.21. The van der Waals surface area contributed by atoms with Crippen molar-refractivity contribution >= 4 is 26.8 Å². The number of imidazole rings is 1. The summed E-state index contributed by atoms with van der Waals surface area (Å²) in [4.78, 5) is 4.56. The Kier molecular flexibility index (Phi) is 4.93. The van der Waals surface area contributed by atoms with Crippen LogP contribution in [0.25, 0.3) is 22.4 Å². The van der Waals surface area contributed by atoms with Crippen molar-refractivity contribution in [1.29, 1.82) is 0 Å². The van der Waals surface area contributed by atoms with Gasteiger partial charge in [-0.15, -0.1) is 0 Å². The summed E-state index contributed by atoms with van der Waals surface area (Å²) >= 11 is 3.31. The maximum Gasteiger partial charge on any atom is 0.163 e. The van der Waals surface area contributed by atoms with Gasteiger partial charge in [-0.1, -0.05) is 30.3 Å². The van der Waals surface area contributed by atoms with Crippen molar-refractivity contribution < 1.29 is 9.13 Å². The van der Waals surface area contributed by atoms with E-state index >= 15 is 4.39 Å². The van der Waals surface area contributed by atoms with Crippen LogP contribution in [-0.2, 0) is 11.3 Å². The maximum atomic E-state index is 15.1. The van der Waals surface area contributed by atoms with E-state index in [0.29, 0.717) is 28.8 Å². The molecule has 7 heteroatoms. The molecule has 4 aromatic rings. The van der Waals surface area contributed by atoms with E-state index in [1.54, 1.807) is 16.9 Å². The van der Waals surface area contributed by atoms with Crippen LogP contribution in [0.2, 0.25) is 0 Å². The lowest BCUT2D eigenvalue weighted by Gasteiger charge is -2.23. The molecular weight excluding hydrogens is 435 g/mol. The van der Waals surface area contributed by atoms with Crippen LogP contribution in [-0.4, -0.2) is 25.9 Å². The standard InChI is InChI=1S/C22H20BrFN4O/c23-17-10-9-16-20(22-25-11-12-27(22)14-15-6-2-1-3-7-15)26-28(21(16)19(17)24)18-8-4-5-13-29-18/h1-3,6-7,9-12,18H,4-5,8,13-14H2. The molecule has 1 saturated heterocycles. The van der Waals surface area contributed by atoms with Gasteiger partial charge in [0.2, 0.25) is 0 Å². The molecule has 1 aliphatic heterocycles. The van der Waals surface area contributed by atoms with E-state index in [2.05, 4.69) is 33.0 Å². The highest BCUT2D eigenvalue weighted by atomic mass is 79.9. The Balaban J connectivity index is 1.65. The normalized spacial score (nSPS) is 17.1. The number of hydrogen-bond donors (Lipinski definition) is 0. The van der Waals surface area contributed by atoms with Crippen LogP contribution in [0.4, 0.5) is 4.39 Å². The van der Waals surface area contributed by atoms with E-state index < -0.39 is 0 Å². The first-order chi connectivity index (χ1) is 14.2. The molecule has 3 heterocycles. The molecule has 0 saturated carbocycles. The topological polar surface area (TPSA) is 44.9 Å². The Morgan fingerprint density at radius 1 is 1.14 bits per heavy atom. The quantitative estimate of drug-likeness (QED) is 0.406. The third-order valence-corrected chi connectivity index (χ3v) is 5.92. The largest absolute Gasteiger partial charge is 0.356 e. The Bertz CT molecular complexity index is 1150. The number of halogens is 2. The van der Waals surface area contributed by atoms with E-state index in [0.717, 1.165) is 30.5 Å². The summed E-state index contributed by atoms with van der Waals surface area (Å²) in [6.07, 6.45) is 6.31. The van der Waals surface area contributed by atoms with Crippen LogP contribution in [0.5, 0.6) is 0 Å². The van der Waals surface area contributed by atoms with Crippen LogP contribution in [0, 0.1) is 5.82 Å². The van der Waals surface area contributed by atoms with Gasteiger partial charge in [0.25, 0.3) is 0 Å². The molecule has 5 rings (SSSR count). The number of aromatic nitrogens is 4. The summed E-state index contributed by atoms with van der Waals surface area (Å²) in [7, 11) is 0. The van der Waals surface area contributed by atoms with Crippen molar-refractivity contribution in [1.82, 2.24) is 19.3 Å². The molecule has 0 radical (unpaired) electrons. The van der Waals surface area contributed by atoms with Crippen molar-refractivity contribution in [3.63, 3.8) is 0 Å². The highest BCUT2D eigenvalue weighted by molar-refractivity contribution is 9.10. The number of fused-ring (bicyclic) bond motifs is 1. The summed E-state index contributed by atoms with van der Waals surface area (Å²) in [5.74, 6) is 0.395. The molecule has 5 nitrogen and oxygen atoms in total. The SMILES string of the molecule is Fc1c(Br)ccc2c(-c3nccn3Cc3ccccc3)nn(C3CCCCO3)c12. The molecule has 0 spiro atoms. The second-order valence-electron chi connectivity index (χ2n) is 7.24. The third kappa shape index (κ3) is 3.38. The summed E-state index contributed by atoms with van der Waals surface area (Å²) in [6, 6.07) is 13.8. The first-order valence-electron chi connectivity index (χ1n) is 9.75. The van der Waals surface area contributed by atoms with Gasteiger partial charge in [-0.2, -0.15) is 5.10 Å². The summed E-state index contributed by atoms with van der Waals surface area (Å²) in [6.45, 7) is 1.34. The molecule has 2 aromatic carbocycles. The van der Waals surface area contributed by atoms with Gasteiger partial charge in [0.05, 0.1) is 4.47 Å².